The van der Waals surface area contributed by atoms with Gasteiger partial charge < -0.3 is 5.71 Å². The van der Waals surface area contributed by atoms with Gasteiger partial charge in [0.25, 0.3) is 0 Å². The zero-order valence-corrected chi connectivity index (χ0v) is 7.07. The first kappa shape index (κ1) is 30.5. The van der Waals surface area contributed by atoms with Crippen molar-refractivity contribution in [1.29, 1.82) is 0 Å². The third-order valence-corrected chi connectivity index (χ3v) is 0. The number of rotatable bonds is 0. The van der Waals surface area contributed by atoms with Crippen molar-refractivity contribution in [2.75, 3.05) is 0 Å². The van der Waals surface area contributed by atoms with Gasteiger partial charge >= 0.3 is 60.8 Å². The Kier molecular flexibility index (Phi) is 134. The van der Waals surface area contributed by atoms with E-state index < -0.39 is 0 Å². The molecule has 0 aromatic heterocycles. The molecule has 19 valence electrons. The Morgan fingerprint density at radius 2 is 1.25 bits per heavy atom. The van der Waals surface area contributed by atoms with E-state index in [9.17, 15) is 0 Å². The molecular weight excluding hydrogens is 131 g/mol. The summed E-state index contributed by atoms with van der Waals surface area (Å²) in [5, 5.41) is 0. The quantitative estimate of drug-likeness (QED) is 0.385. The van der Waals surface area contributed by atoms with Crippen molar-refractivity contribution in [3.8, 4) is 0 Å². The van der Waals surface area contributed by atoms with E-state index in [1.807, 2.05) is 0 Å². The van der Waals surface area contributed by atoms with Gasteiger partial charge in [-0.3, -0.25) is 0 Å². The zero-order chi connectivity index (χ0) is 0. The minimum atomic E-state index is 0. The molecule has 0 nitrogen and oxygen atoms in total. The molecule has 0 aromatic rings. The van der Waals surface area contributed by atoms with Gasteiger partial charge in [-0.2, -0.15) is 0 Å². The summed E-state index contributed by atoms with van der Waals surface area (Å²) in [6.45, 7) is 0. The zero-order valence-electron chi connectivity index (χ0n) is 6.35. The van der Waals surface area contributed by atoms with Crippen molar-refractivity contribution in [1.82, 2.24) is 0 Å². The molecule has 0 aromatic carbocycles. The molecule has 0 aliphatic carbocycles. The van der Waals surface area contributed by atoms with E-state index >= 15 is 0 Å². The molecule has 0 aliphatic rings. The van der Waals surface area contributed by atoms with E-state index in [1.54, 1.807) is 0 Å². The van der Waals surface area contributed by atoms with Gasteiger partial charge in [-0.15, -0.1) is 0 Å². The van der Waals surface area contributed by atoms with Crippen molar-refractivity contribution in [3.63, 3.8) is 0 Å². The number of hydrogen-bond acceptors (Lipinski definition) is 0. The summed E-state index contributed by atoms with van der Waals surface area (Å²) in [5.74, 6) is 0. The van der Waals surface area contributed by atoms with Gasteiger partial charge in [-0.1, -0.05) is 0 Å². The first-order valence-corrected chi connectivity index (χ1v) is 0. The largest absolute Gasteiger partial charge is 2.00 e. The van der Waals surface area contributed by atoms with Crippen molar-refractivity contribution in [3.05, 3.63) is 0 Å². The molecule has 0 heterocycles. The smallest absolute Gasteiger partial charge is 1.00 e. The van der Waals surface area contributed by atoms with Crippen LogP contribution < -0.4 is 0 Å². The molecule has 0 saturated carbocycles. The molecule has 0 aliphatic heterocycles. The van der Waals surface area contributed by atoms with E-state index in [4.69, 9.17) is 0 Å². The Morgan fingerprint density at radius 3 is 1.25 bits per heavy atom. The average molecular weight is 135 g/mol. The maximum atomic E-state index is 0. The van der Waals surface area contributed by atoms with Crippen molar-refractivity contribution < 1.29 is 22.8 Å². The van der Waals surface area contributed by atoms with Gasteiger partial charge in [0.15, 0.2) is 0 Å². The molecule has 0 atom stereocenters. The molecule has 0 unspecified atom stereocenters. The van der Waals surface area contributed by atoms with Crippen LogP contribution in [0.4, 0.5) is 0 Å². The third kappa shape index (κ3) is 8.82. The Bertz CT molecular complexity index is 16.0. The summed E-state index contributed by atoms with van der Waals surface area (Å²) in [6.07, 6.45) is 0. The van der Waals surface area contributed by atoms with Crippen LogP contribution in [0.3, 0.4) is 0 Å². The van der Waals surface area contributed by atoms with Crippen LogP contribution in [0.15, 0.2) is 0 Å². The Hall–Kier alpha value is 2.61. The summed E-state index contributed by atoms with van der Waals surface area (Å²) in [4.78, 5) is 0. The topological polar surface area (TPSA) is 0 Å². The van der Waals surface area contributed by atoms with E-state index in [-0.39, 0.29) is 92.0 Å². The summed E-state index contributed by atoms with van der Waals surface area (Å²) in [6, 6.07) is 0. The summed E-state index contributed by atoms with van der Waals surface area (Å²) in [7, 11) is 0. The Morgan fingerprint density at radius 1 is 1.25 bits per heavy atom. The fourth-order valence-corrected chi connectivity index (χ4v) is 0. The molecule has 0 bridgehead atoms. The van der Waals surface area contributed by atoms with Crippen LogP contribution >= 0.6 is 0 Å². The summed E-state index contributed by atoms with van der Waals surface area (Å²) < 4.78 is 0. The fourth-order valence-electron chi connectivity index (χ4n) is 0. The molecular formula is H4BCaFeMg. The predicted octanol–water partition coefficient (Wildman–Crippen LogP) is -0.695. The van der Waals surface area contributed by atoms with Gasteiger partial charge in [0, 0.05) is 25.5 Å². The number of hydrogen-bond donors (Lipinski definition) is 0. The van der Waals surface area contributed by atoms with Crippen molar-refractivity contribution in [2.24, 2.45) is 0 Å². The predicted molar refractivity (Wildman–Crippen MR) is 21.7 cm³/mol. The monoisotopic (exact) mass is 135 g/mol. The molecule has 0 N–H and O–H groups in total. The Balaban J connectivity index is 0. The van der Waals surface area contributed by atoms with Gasteiger partial charge in [0.2, 0.25) is 0 Å². The molecule has 0 amide bonds. The van der Waals surface area contributed by atoms with E-state index in [0.29, 0.717) is 0 Å². The second kappa shape index (κ2) is 17.5. The second-order valence-electron chi connectivity index (χ2n) is 0. The van der Waals surface area contributed by atoms with Crippen LogP contribution in [-0.2, 0) is 17.1 Å². The van der Waals surface area contributed by atoms with E-state index in [2.05, 4.69) is 0 Å². The van der Waals surface area contributed by atoms with Crippen molar-refractivity contribution >= 4 is 69.2 Å². The summed E-state index contributed by atoms with van der Waals surface area (Å²) >= 11 is 0. The molecule has 0 saturated heterocycles. The molecule has 0 fully saturated rings. The SMILES string of the molecule is [B].[Ca+2].[Fe].[H-].[H-].[H-].[H-].[Mg+2]. The van der Waals surface area contributed by atoms with E-state index in [1.165, 1.54) is 0 Å². The molecule has 0 spiro atoms. The first-order valence-electron chi connectivity index (χ1n) is 0. The van der Waals surface area contributed by atoms with Crippen LogP contribution in [0.5, 0.6) is 0 Å². The normalized spacial score (nSPS) is 0. The third-order valence-electron chi connectivity index (χ3n) is 0. The van der Waals surface area contributed by atoms with Crippen LogP contribution in [0.1, 0.15) is 5.71 Å². The minimum absolute atomic E-state index is 0. The first-order chi connectivity index (χ1) is 0. The van der Waals surface area contributed by atoms with Crippen molar-refractivity contribution in [2.45, 2.75) is 0 Å². The average Bonchev–Trinajstić information content (AvgIpc) is 0. The fraction of sp³-hybridized carbons (Fsp3) is 0. The molecule has 4 heavy (non-hydrogen) atoms. The van der Waals surface area contributed by atoms with Gasteiger partial charge in [0.05, 0.1) is 0 Å². The molecule has 3 radical (unpaired) electrons. The Labute approximate surface area is 90.6 Å². The maximum absolute atomic E-state index is 0. The molecule has 4 heteroatoms. The minimum Gasteiger partial charge on any atom is -1.00 e. The molecule has 0 rings (SSSR count). The van der Waals surface area contributed by atoms with Crippen LogP contribution in [0.25, 0.3) is 0 Å². The van der Waals surface area contributed by atoms with Crippen LogP contribution in [0, 0.1) is 0 Å². The maximum Gasteiger partial charge on any atom is 2.00 e. The second-order valence-corrected chi connectivity index (χ2v) is 0. The van der Waals surface area contributed by atoms with E-state index in [0.717, 1.165) is 0 Å². The van der Waals surface area contributed by atoms with Gasteiger partial charge in [-0.05, 0) is 0 Å². The van der Waals surface area contributed by atoms with Crippen LogP contribution in [-0.4, -0.2) is 69.2 Å². The van der Waals surface area contributed by atoms with Crippen LogP contribution in [0.2, 0.25) is 0 Å². The van der Waals surface area contributed by atoms with Gasteiger partial charge in [0.1, 0.15) is 0 Å². The van der Waals surface area contributed by atoms with Gasteiger partial charge in [-0.25, -0.2) is 0 Å². The standard InChI is InChI=1S/B.Ca.Fe.Mg.4H/q;+2;;+2;4*-1. The summed E-state index contributed by atoms with van der Waals surface area (Å²) in [5.41, 5.74) is 0.